The molecule has 1 saturated heterocycles. The number of benzene rings is 2. The number of aromatic nitrogens is 1. The molecule has 0 aliphatic carbocycles. The number of rotatable bonds is 3. The second kappa shape index (κ2) is 5.97. The Morgan fingerprint density at radius 2 is 1.84 bits per heavy atom. The smallest absolute Gasteiger partial charge is 0.289 e. The summed E-state index contributed by atoms with van der Waals surface area (Å²) in [4.78, 5) is 25.6. The van der Waals surface area contributed by atoms with Gasteiger partial charge in [-0.15, -0.1) is 0 Å². The first-order valence-electron chi connectivity index (χ1n) is 7.95. The highest BCUT2D eigenvalue weighted by molar-refractivity contribution is 8.26. The highest BCUT2D eigenvalue weighted by Gasteiger charge is 2.39. The fourth-order valence-electron chi connectivity index (χ4n) is 3.26. The number of thioether (sulfide) groups is 1. The van der Waals surface area contributed by atoms with Gasteiger partial charge in [-0.2, -0.15) is 0 Å². The summed E-state index contributed by atoms with van der Waals surface area (Å²) in [5, 5.41) is 0.679. The summed E-state index contributed by atoms with van der Waals surface area (Å²) < 4.78 is 2.14. The monoisotopic (exact) mass is 351 g/mol. The Bertz CT molecular complexity index is 978. The van der Waals surface area contributed by atoms with Crippen molar-refractivity contribution in [1.29, 1.82) is 0 Å². The van der Waals surface area contributed by atoms with Crippen LogP contribution in [0.5, 0.6) is 0 Å². The molecule has 2 heterocycles. The molecule has 2 N–H and O–H groups in total. The zero-order valence-corrected chi connectivity index (χ0v) is 14.5. The third-order valence-electron chi connectivity index (χ3n) is 4.56. The van der Waals surface area contributed by atoms with Crippen LogP contribution in [0.2, 0.25) is 0 Å². The lowest BCUT2D eigenvalue weighted by atomic mass is 10.0. The minimum atomic E-state index is -0.520. The van der Waals surface area contributed by atoms with Gasteiger partial charge in [0, 0.05) is 48.1 Å². The zero-order valence-electron chi connectivity index (χ0n) is 13.7. The van der Waals surface area contributed by atoms with Crippen molar-refractivity contribution in [3.63, 3.8) is 0 Å². The summed E-state index contributed by atoms with van der Waals surface area (Å²) in [6.07, 6.45) is 2.01. The van der Waals surface area contributed by atoms with Gasteiger partial charge >= 0.3 is 0 Å². The molecule has 1 aliphatic rings. The number of carbonyl (C=O) groups is 2. The Labute approximate surface area is 149 Å². The largest absolute Gasteiger partial charge is 0.399 e. The molecule has 1 fully saturated rings. The first-order valence-corrected chi connectivity index (χ1v) is 8.77. The highest BCUT2D eigenvalue weighted by atomic mass is 32.2. The SMILES string of the molecule is CN1C(=O)SC(=O)C1c1cccc2c1ccn2Cc1ccc(N)cc1. The number of carbonyl (C=O) groups excluding carboxylic acids is 2. The van der Waals surface area contributed by atoms with Crippen LogP contribution in [0, 0.1) is 0 Å². The standard InChI is InChI=1S/C19H17N3O2S/c1-21-17(18(23)25-19(21)24)15-3-2-4-16-14(15)9-10-22(16)11-12-5-7-13(20)8-6-12/h2-10,17H,11,20H2,1H3. The number of nitrogen functional groups attached to an aromatic ring is 1. The van der Waals surface area contributed by atoms with Crippen LogP contribution in [0.1, 0.15) is 17.2 Å². The van der Waals surface area contributed by atoms with E-state index in [9.17, 15) is 9.59 Å². The topological polar surface area (TPSA) is 68.3 Å². The lowest BCUT2D eigenvalue weighted by molar-refractivity contribution is -0.113. The van der Waals surface area contributed by atoms with Crippen molar-refractivity contribution in [3.8, 4) is 0 Å². The fourth-order valence-corrected chi connectivity index (χ4v) is 4.07. The van der Waals surface area contributed by atoms with Crippen LogP contribution in [0.25, 0.3) is 10.9 Å². The summed E-state index contributed by atoms with van der Waals surface area (Å²) >= 11 is 0.780. The maximum atomic E-state index is 12.3. The fraction of sp³-hybridized carbons (Fsp3) is 0.158. The summed E-state index contributed by atoms with van der Waals surface area (Å²) in [6.45, 7) is 0.718. The number of hydrogen-bond acceptors (Lipinski definition) is 4. The number of fused-ring (bicyclic) bond motifs is 1. The molecule has 1 unspecified atom stereocenters. The number of nitrogens with two attached hydrogens (primary N) is 1. The Morgan fingerprint density at radius 1 is 1.08 bits per heavy atom. The lowest BCUT2D eigenvalue weighted by Crippen LogP contribution is -2.23. The summed E-state index contributed by atoms with van der Waals surface area (Å²) in [5.74, 6) is 0. The van der Waals surface area contributed by atoms with Gasteiger partial charge in [-0.1, -0.05) is 24.3 Å². The minimum absolute atomic E-state index is 0.119. The highest BCUT2D eigenvalue weighted by Crippen LogP contribution is 2.38. The zero-order chi connectivity index (χ0) is 17.6. The van der Waals surface area contributed by atoms with E-state index >= 15 is 0 Å². The maximum Gasteiger partial charge on any atom is 0.289 e. The molecule has 0 radical (unpaired) electrons. The van der Waals surface area contributed by atoms with E-state index in [1.165, 1.54) is 4.90 Å². The molecule has 1 aromatic heterocycles. The van der Waals surface area contributed by atoms with E-state index in [1.54, 1.807) is 7.05 Å². The molecular weight excluding hydrogens is 334 g/mol. The second-order valence-electron chi connectivity index (χ2n) is 6.17. The first kappa shape index (κ1) is 15.8. The number of likely N-dealkylation sites (N-methyl/N-ethyl adjacent to an activating group) is 1. The van der Waals surface area contributed by atoms with Crippen LogP contribution in [-0.4, -0.2) is 26.9 Å². The average molecular weight is 351 g/mol. The van der Waals surface area contributed by atoms with Gasteiger partial charge in [-0.05, 0) is 35.4 Å². The molecule has 0 bridgehead atoms. The van der Waals surface area contributed by atoms with Crippen LogP contribution < -0.4 is 5.73 Å². The van der Waals surface area contributed by atoms with Gasteiger partial charge in [-0.3, -0.25) is 9.59 Å². The van der Waals surface area contributed by atoms with Gasteiger partial charge in [0.2, 0.25) is 5.12 Å². The maximum absolute atomic E-state index is 12.3. The van der Waals surface area contributed by atoms with E-state index in [4.69, 9.17) is 5.73 Å². The summed E-state index contributed by atoms with van der Waals surface area (Å²) in [7, 11) is 1.68. The van der Waals surface area contributed by atoms with Crippen molar-refractivity contribution in [2.75, 3.05) is 12.8 Å². The van der Waals surface area contributed by atoms with Gasteiger partial charge in [0.05, 0.1) is 0 Å². The first-order chi connectivity index (χ1) is 12.0. The van der Waals surface area contributed by atoms with E-state index in [1.807, 2.05) is 54.7 Å². The van der Waals surface area contributed by atoms with Gasteiger partial charge in [0.1, 0.15) is 6.04 Å². The average Bonchev–Trinajstić information content (AvgIpc) is 3.11. The van der Waals surface area contributed by atoms with E-state index in [0.717, 1.165) is 46.0 Å². The van der Waals surface area contributed by atoms with Crippen LogP contribution in [0.15, 0.2) is 54.7 Å². The Hall–Kier alpha value is -2.73. The third kappa shape index (κ3) is 2.68. The number of hydrogen-bond donors (Lipinski definition) is 1. The molecule has 25 heavy (non-hydrogen) atoms. The number of amides is 1. The number of anilines is 1. The normalized spacial score (nSPS) is 17.6. The Kier molecular flexibility index (Phi) is 3.77. The molecule has 0 spiro atoms. The quantitative estimate of drug-likeness (QED) is 0.732. The van der Waals surface area contributed by atoms with Crippen molar-refractivity contribution in [2.24, 2.45) is 0 Å². The van der Waals surface area contributed by atoms with Crippen molar-refractivity contribution >= 4 is 38.7 Å². The molecule has 3 aromatic rings. The van der Waals surface area contributed by atoms with Gasteiger partial charge < -0.3 is 15.2 Å². The van der Waals surface area contributed by atoms with Crippen molar-refractivity contribution in [2.45, 2.75) is 12.6 Å². The third-order valence-corrected chi connectivity index (χ3v) is 5.45. The molecule has 6 heteroatoms. The minimum Gasteiger partial charge on any atom is -0.399 e. The predicted octanol–water partition coefficient (Wildman–Crippen LogP) is 3.64. The van der Waals surface area contributed by atoms with Crippen LogP contribution in [-0.2, 0) is 11.3 Å². The molecule has 1 atom stereocenters. The molecule has 2 aromatic carbocycles. The molecule has 1 aliphatic heterocycles. The van der Waals surface area contributed by atoms with Crippen LogP contribution >= 0.6 is 11.8 Å². The van der Waals surface area contributed by atoms with Crippen molar-refractivity contribution < 1.29 is 9.59 Å². The molecule has 126 valence electrons. The van der Waals surface area contributed by atoms with Crippen LogP contribution in [0.3, 0.4) is 0 Å². The van der Waals surface area contributed by atoms with Gasteiger partial charge in [-0.25, -0.2) is 0 Å². The van der Waals surface area contributed by atoms with Crippen molar-refractivity contribution in [3.05, 3.63) is 65.9 Å². The van der Waals surface area contributed by atoms with E-state index in [2.05, 4.69) is 4.57 Å². The summed E-state index contributed by atoms with van der Waals surface area (Å²) in [5.41, 5.74) is 9.55. The lowest BCUT2D eigenvalue weighted by Gasteiger charge is -2.18. The van der Waals surface area contributed by atoms with Crippen molar-refractivity contribution in [1.82, 2.24) is 9.47 Å². The molecular formula is C19H17N3O2S. The Morgan fingerprint density at radius 3 is 2.52 bits per heavy atom. The van der Waals surface area contributed by atoms with E-state index in [-0.39, 0.29) is 10.4 Å². The van der Waals surface area contributed by atoms with E-state index < -0.39 is 6.04 Å². The molecule has 1 amide bonds. The van der Waals surface area contributed by atoms with Gasteiger partial charge in [0.25, 0.3) is 5.24 Å². The van der Waals surface area contributed by atoms with Crippen LogP contribution in [0.4, 0.5) is 10.5 Å². The predicted molar refractivity (Wildman–Crippen MR) is 100 cm³/mol. The molecule has 0 saturated carbocycles. The van der Waals surface area contributed by atoms with Gasteiger partial charge in [0.15, 0.2) is 0 Å². The second-order valence-corrected chi connectivity index (χ2v) is 7.12. The number of nitrogens with zero attached hydrogens (tertiary/aromatic N) is 2. The summed E-state index contributed by atoms with van der Waals surface area (Å²) in [6, 6.07) is 15.2. The van der Waals surface area contributed by atoms with E-state index in [0.29, 0.717) is 0 Å². The molecule has 5 nitrogen and oxygen atoms in total. The molecule has 4 rings (SSSR count). The Balaban J connectivity index is 1.74.